The molecule has 1 fully saturated rings. The van der Waals surface area contributed by atoms with Crippen LogP contribution in [0.5, 0.6) is 5.88 Å². The van der Waals surface area contributed by atoms with Crippen LogP contribution >= 0.6 is 11.8 Å². The summed E-state index contributed by atoms with van der Waals surface area (Å²) < 4.78 is 5.88. The van der Waals surface area contributed by atoms with Gasteiger partial charge in [0.2, 0.25) is 5.88 Å². The van der Waals surface area contributed by atoms with E-state index < -0.39 is 0 Å². The Bertz CT molecular complexity index is 378. The average molecular weight is 253 g/mol. The number of hydrogen-bond donors (Lipinski definition) is 1. The van der Waals surface area contributed by atoms with Crippen molar-refractivity contribution in [3.63, 3.8) is 0 Å². The Labute approximate surface area is 106 Å². The maximum atomic E-state index is 5.88. The number of hydrogen-bond acceptors (Lipinski definition) is 5. The third kappa shape index (κ3) is 3.49. The smallest absolute Gasteiger partial charge is 0.219 e. The number of rotatable bonds is 3. The van der Waals surface area contributed by atoms with Crippen molar-refractivity contribution in [3.05, 3.63) is 6.07 Å². The first-order valence-electron chi connectivity index (χ1n) is 6.02. The van der Waals surface area contributed by atoms with Crippen LogP contribution in [0, 0.1) is 5.92 Å². The maximum Gasteiger partial charge on any atom is 0.219 e. The highest BCUT2D eigenvalue weighted by Gasteiger charge is 2.20. The van der Waals surface area contributed by atoms with E-state index in [-0.39, 0.29) is 6.10 Å². The molecule has 0 aromatic carbocycles. The predicted octanol–water partition coefficient (Wildman–Crippen LogP) is 2.74. The van der Waals surface area contributed by atoms with Gasteiger partial charge >= 0.3 is 0 Å². The van der Waals surface area contributed by atoms with Crippen molar-refractivity contribution in [1.29, 1.82) is 0 Å². The van der Waals surface area contributed by atoms with E-state index in [1.54, 1.807) is 6.07 Å². The van der Waals surface area contributed by atoms with Crippen molar-refractivity contribution in [2.45, 2.75) is 43.9 Å². The lowest BCUT2D eigenvalue weighted by atomic mass is 9.89. The lowest BCUT2D eigenvalue weighted by molar-refractivity contribution is 0.129. The Hall–Kier alpha value is -0.970. The van der Waals surface area contributed by atoms with E-state index in [1.807, 2.05) is 6.26 Å². The standard InChI is InChI=1S/C12H19N3OS/c1-8-3-5-9(6-4-8)16-11-7-10(13)14-12(15-11)17-2/h7-9H,3-6H2,1-2H3,(H2,13,14,15). The van der Waals surface area contributed by atoms with E-state index in [9.17, 15) is 0 Å². The number of thioether (sulfide) groups is 1. The molecule has 5 heteroatoms. The van der Waals surface area contributed by atoms with Crippen LogP contribution in [0.25, 0.3) is 0 Å². The van der Waals surface area contributed by atoms with Crippen LogP contribution in [-0.4, -0.2) is 22.3 Å². The second-order valence-electron chi connectivity index (χ2n) is 4.62. The molecular weight excluding hydrogens is 234 g/mol. The topological polar surface area (TPSA) is 61.0 Å². The Kier molecular flexibility index (Phi) is 4.10. The van der Waals surface area contributed by atoms with Gasteiger partial charge in [-0.2, -0.15) is 4.98 Å². The van der Waals surface area contributed by atoms with Gasteiger partial charge in [0.1, 0.15) is 11.9 Å². The van der Waals surface area contributed by atoms with Gasteiger partial charge in [0.05, 0.1) is 0 Å². The second-order valence-corrected chi connectivity index (χ2v) is 5.39. The molecule has 0 spiro atoms. The minimum absolute atomic E-state index is 0.287. The van der Waals surface area contributed by atoms with Crippen LogP contribution in [0.1, 0.15) is 32.6 Å². The van der Waals surface area contributed by atoms with Gasteiger partial charge in [0, 0.05) is 6.07 Å². The third-order valence-electron chi connectivity index (χ3n) is 3.13. The summed E-state index contributed by atoms with van der Waals surface area (Å²) in [5, 5.41) is 0.671. The molecule has 0 radical (unpaired) electrons. The molecular formula is C12H19N3OS. The molecule has 1 saturated carbocycles. The van der Waals surface area contributed by atoms with Gasteiger partial charge in [0.25, 0.3) is 0 Å². The highest BCUT2D eigenvalue weighted by atomic mass is 32.2. The van der Waals surface area contributed by atoms with E-state index in [1.165, 1.54) is 24.6 Å². The summed E-state index contributed by atoms with van der Waals surface area (Å²) in [7, 11) is 0. The normalized spacial score (nSPS) is 24.6. The van der Waals surface area contributed by atoms with Crippen molar-refractivity contribution in [3.8, 4) is 5.88 Å². The van der Waals surface area contributed by atoms with E-state index in [4.69, 9.17) is 10.5 Å². The molecule has 1 aliphatic rings. The first-order chi connectivity index (χ1) is 8.17. The summed E-state index contributed by atoms with van der Waals surface area (Å²) >= 11 is 1.48. The Morgan fingerprint density at radius 3 is 2.65 bits per heavy atom. The molecule has 1 heterocycles. The zero-order chi connectivity index (χ0) is 12.3. The van der Waals surface area contributed by atoms with Crippen molar-refractivity contribution in [2.75, 3.05) is 12.0 Å². The summed E-state index contributed by atoms with van der Waals surface area (Å²) in [6.45, 7) is 2.30. The maximum absolute atomic E-state index is 5.88. The summed E-state index contributed by atoms with van der Waals surface area (Å²) in [4.78, 5) is 8.42. The van der Waals surface area contributed by atoms with Crippen LogP contribution in [0.15, 0.2) is 11.2 Å². The van der Waals surface area contributed by atoms with Gasteiger partial charge in [-0.15, -0.1) is 0 Å². The van der Waals surface area contributed by atoms with Crippen molar-refractivity contribution in [2.24, 2.45) is 5.92 Å². The Balaban J connectivity index is 2.00. The van der Waals surface area contributed by atoms with Gasteiger partial charge in [-0.05, 0) is 37.9 Å². The van der Waals surface area contributed by atoms with Gasteiger partial charge in [-0.3, -0.25) is 0 Å². The van der Waals surface area contributed by atoms with E-state index in [0.29, 0.717) is 16.9 Å². The first-order valence-corrected chi connectivity index (χ1v) is 7.25. The molecule has 1 aromatic rings. The number of nitrogen functional groups attached to an aromatic ring is 1. The van der Waals surface area contributed by atoms with Crippen molar-refractivity contribution in [1.82, 2.24) is 9.97 Å². The predicted molar refractivity (Wildman–Crippen MR) is 70.3 cm³/mol. The molecule has 0 saturated heterocycles. The SMILES string of the molecule is CSc1nc(N)cc(OC2CCC(C)CC2)n1. The third-order valence-corrected chi connectivity index (χ3v) is 3.68. The quantitative estimate of drug-likeness (QED) is 0.663. The molecule has 0 atom stereocenters. The average Bonchev–Trinajstić information content (AvgIpc) is 2.31. The molecule has 1 aromatic heterocycles. The van der Waals surface area contributed by atoms with Gasteiger partial charge in [0.15, 0.2) is 5.16 Å². The summed E-state index contributed by atoms with van der Waals surface area (Å²) in [5.41, 5.74) is 5.72. The molecule has 94 valence electrons. The van der Waals surface area contributed by atoms with E-state index in [0.717, 1.165) is 18.8 Å². The van der Waals surface area contributed by atoms with Gasteiger partial charge in [-0.1, -0.05) is 18.7 Å². The largest absolute Gasteiger partial charge is 0.474 e. The molecule has 17 heavy (non-hydrogen) atoms. The highest BCUT2D eigenvalue weighted by Crippen LogP contribution is 2.27. The fourth-order valence-corrected chi connectivity index (χ4v) is 2.47. The molecule has 0 amide bonds. The first kappa shape index (κ1) is 12.5. The van der Waals surface area contributed by atoms with Crippen molar-refractivity contribution < 1.29 is 4.74 Å². The van der Waals surface area contributed by atoms with E-state index in [2.05, 4.69) is 16.9 Å². The Morgan fingerprint density at radius 1 is 1.29 bits per heavy atom. The fraction of sp³-hybridized carbons (Fsp3) is 0.667. The van der Waals surface area contributed by atoms with Crippen LogP contribution in [0.2, 0.25) is 0 Å². The van der Waals surface area contributed by atoms with Crippen LogP contribution < -0.4 is 10.5 Å². The van der Waals surface area contributed by atoms with Crippen LogP contribution in [0.4, 0.5) is 5.82 Å². The minimum atomic E-state index is 0.287. The van der Waals surface area contributed by atoms with E-state index >= 15 is 0 Å². The monoisotopic (exact) mass is 253 g/mol. The minimum Gasteiger partial charge on any atom is -0.474 e. The van der Waals surface area contributed by atoms with Crippen molar-refractivity contribution >= 4 is 17.6 Å². The zero-order valence-electron chi connectivity index (χ0n) is 10.3. The Morgan fingerprint density at radius 2 is 2.00 bits per heavy atom. The van der Waals surface area contributed by atoms with Crippen LogP contribution in [-0.2, 0) is 0 Å². The number of aromatic nitrogens is 2. The molecule has 0 aliphatic heterocycles. The number of nitrogens with two attached hydrogens (primary N) is 1. The molecule has 4 nitrogen and oxygen atoms in total. The molecule has 0 bridgehead atoms. The zero-order valence-corrected chi connectivity index (χ0v) is 11.2. The van der Waals surface area contributed by atoms with Gasteiger partial charge in [-0.25, -0.2) is 4.98 Å². The number of anilines is 1. The van der Waals surface area contributed by atoms with Gasteiger partial charge < -0.3 is 10.5 Å². The molecule has 2 N–H and O–H groups in total. The summed E-state index contributed by atoms with van der Waals surface area (Å²) in [5.74, 6) is 1.91. The number of nitrogens with zero attached hydrogens (tertiary/aromatic N) is 2. The lowest BCUT2D eigenvalue weighted by Crippen LogP contribution is -2.23. The lowest BCUT2D eigenvalue weighted by Gasteiger charge is -2.26. The fourth-order valence-electron chi connectivity index (χ4n) is 2.09. The van der Waals surface area contributed by atoms with Crippen LogP contribution in [0.3, 0.4) is 0 Å². The molecule has 2 rings (SSSR count). The summed E-state index contributed by atoms with van der Waals surface area (Å²) in [6, 6.07) is 1.71. The summed E-state index contributed by atoms with van der Waals surface area (Å²) in [6.07, 6.45) is 6.91. The highest BCUT2D eigenvalue weighted by molar-refractivity contribution is 7.98. The second kappa shape index (κ2) is 5.58. The number of ether oxygens (including phenoxy) is 1. The molecule has 0 unspecified atom stereocenters. The molecule has 1 aliphatic carbocycles.